The number of aromatic nitrogens is 3. The lowest BCUT2D eigenvalue weighted by Gasteiger charge is -2.19. The van der Waals surface area contributed by atoms with Crippen LogP contribution in [0.25, 0.3) is 22.2 Å². The molecule has 0 spiro atoms. The Morgan fingerprint density at radius 3 is 2.31 bits per heavy atom. The molecule has 11 heteroatoms. The van der Waals surface area contributed by atoms with Crippen LogP contribution in [0.15, 0.2) is 72.9 Å². The summed E-state index contributed by atoms with van der Waals surface area (Å²) >= 11 is 0. The van der Waals surface area contributed by atoms with Gasteiger partial charge in [-0.05, 0) is 54.3 Å². The molecule has 1 aliphatic heterocycles. The van der Waals surface area contributed by atoms with Crippen LogP contribution < -0.4 is 25.4 Å². The Morgan fingerprint density at radius 2 is 1.64 bits per heavy atom. The number of pyridine rings is 1. The van der Waals surface area contributed by atoms with Gasteiger partial charge in [0.1, 0.15) is 28.7 Å². The zero-order chi connectivity index (χ0) is 31.5. The van der Waals surface area contributed by atoms with Crippen molar-refractivity contribution in [1.82, 2.24) is 20.1 Å². The van der Waals surface area contributed by atoms with Gasteiger partial charge in [-0.1, -0.05) is 36.4 Å². The first kappa shape index (κ1) is 29.6. The molecule has 0 atom stereocenters. The number of nitrogens with two attached hydrogens (primary N) is 1. The molecule has 0 radical (unpaired) electrons. The summed E-state index contributed by atoms with van der Waals surface area (Å²) in [5, 5.41) is 8.54. The third kappa shape index (κ3) is 6.01. The number of ether oxygens (including phenoxy) is 2. The maximum absolute atomic E-state index is 13.8. The monoisotopic (exact) mass is 608 g/mol. The average molecular weight is 609 g/mol. The van der Waals surface area contributed by atoms with Gasteiger partial charge in [0.2, 0.25) is 0 Å². The van der Waals surface area contributed by atoms with E-state index in [9.17, 15) is 14.0 Å². The van der Waals surface area contributed by atoms with E-state index in [1.165, 1.54) is 25.4 Å². The molecule has 1 saturated heterocycles. The van der Waals surface area contributed by atoms with Gasteiger partial charge < -0.3 is 25.4 Å². The molecule has 1 fully saturated rings. The van der Waals surface area contributed by atoms with Crippen LogP contribution in [0.4, 0.5) is 10.2 Å². The fourth-order valence-electron chi connectivity index (χ4n) is 5.69. The summed E-state index contributed by atoms with van der Waals surface area (Å²) in [6.07, 6.45) is 3.63. The van der Waals surface area contributed by atoms with Crippen LogP contribution in [0.3, 0.4) is 0 Å². The van der Waals surface area contributed by atoms with Gasteiger partial charge in [-0.3, -0.25) is 14.3 Å². The second-order valence-corrected chi connectivity index (χ2v) is 10.9. The molecule has 10 nitrogen and oxygen atoms in total. The SMILES string of the molecule is COc1ccc(Cn2nc3c(C(N)=O)cnc(N4CCCC4)c3c2-c2ccc(CNC(=O)c3cc(F)ccc3OC)cc2)cc1. The van der Waals surface area contributed by atoms with Gasteiger partial charge in [0.15, 0.2) is 0 Å². The molecular weight excluding hydrogens is 575 g/mol. The third-order valence-corrected chi connectivity index (χ3v) is 8.00. The van der Waals surface area contributed by atoms with Crippen molar-refractivity contribution in [3.05, 3.63) is 101 Å². The van der Waals surface area contributed by atoms with E-state index >= 15 is 0 Å². The lowest BCUT2D eigenvalue weighted by Crippen LogP contribution is -2.23. The highest BCUT2D eigenvalue weighted by atomic mass is 19.1. The molecule has 0 saturated carbocycles. The van der Waals surface area contributed by atoms with Crippen LogP contribution in [0, 0.1) is 5.82 Å². The van der Waals surface area contributed by atoms with Crippen LogP contribution in [-0.2, 0) is 13.1 Å². The summed E-state index contributed by atoms with van der Waals surface area (Å²) in [5.41, 5.74) is 10.2. The minimum atomic E-state index is -0.595. The molecule has 6 rings (SSSR count). The van der Waals surface area contributed by atoms with Gasteiger partial charge in [0.25, 0.3) is 11.8 Å². The van der Waals surface area contributed by atoms with Crippen molar-refractivity contribution in [3.63, 3.8) is 0 Å². The molecule has 5 aromatic rings. The van der Waals surface area contributed by atoms with Crippen LogP contribution >= 0.6 is 0 Å². The fraction of sp³-hybridized carbons (Fsp3) is 0.235. The second-order valence-electron chi connectivity index (χ2n) is 10.9. The zero-order valence-electron chi connectivity index (χ0n) is 25.0. The Bertz CT molecular complexity index is 1870. The Hall–Kier alpha value is -5.45. The number of nitrogens with zero attached hydrogens (tertiary/aromatic N) is 4. The van der Waals surface area contributed by atoms with Gasteiger partial charge in [-0.25, -0.2) is 9.37 Å². The number of benzene rings is 3. The van der Waals surface area contributed by atoms with Gasteiger partial charge in [-0.2, -0.15) is 5.10 Å². The minimum Gasteiger partial charge on any atom is -0.497 e. The molecule has 3 aromatic carbocycles. The van der Waals surface area contributed by atoms with Gasteiger partial charge in [-0.15, -0.1) is 0 Å². The van der Waals surface area contributed by atoms with E-state index in [1.807, 2.05) is 53.2 Å². The molecule has 0 aliphatic carbocycles. The highest BCUT2D eigenvalue weighted by Gasteiger charge is 2.26. The van der Waals surface area contributed by atoms with Crippen molar-refractivity contribution in [2.75, 3.05) is 32.2 Å². The normalized spacial score (nSPS) is 12.8. The van der Waals surface area contributed by atoms with E-state index in [2.05, 4.69) is 10.2 Å². The number of anilines is 1. The Morgan fingerprint density at radius 1 is 0.933 bits per heavy atom. The van der Waals surface area contributed by atoms with Crippen molar-refractivity contribution < 1.29 is 23.5 Å². The minimum absolute atomic E-state index is 0.121. The number of primary amides is 1. The van der Waals surface area contributed by atoms with E-state index < -0.39 is 17.6 Å². The van der Waals surface area contributed by atoms with E-state index in [4.69, 9.17) is 25.3 Å². The number of hydrogen-bond acceptors (Lipinski definition) is 7. The quantitative estimate of drug-likeness (QED) is 0.230. The average Bonchev–Trinajstić information content (AvgIpc) is 3.72. The number of halogens is 1. The number of methoxy groups -OCH3 is 2. The number of rotatable bonds is 10. The maximum Gasteiger partial charge on any atom is 0.255 e. The van der Waals surface area contributed by atoms with E-state index in [0.717, 1.165) is 71.3 Å². The highest BCUT2D eigenvalue weighted by molar-refractivity contribution is 6.11. The first-order valence-corrected chi connectivity index (χ1v) is 14.6. The first-order chi connectivity index (χ1) is 21.9. The summed E-state index contributed by atoms with van der Waals surface area (Å²) in [4.78, 5) is 32.3. The summed E-state index contributed by atoms with van der Waals surface area (Å²) in [7, 11) is 3.06. The fourth-order valence-corrected chi connectivity index (χ4v) is 5.69. The van der Waals surface area contributed by atoms with Crippen LogP contribution in [-0.4, -0.2) is 53.9 Å². The van der Waals surface area contributed by atoms with Crippen molar-refractivity contribution >= 4 is 28.5 Å². The molecule has 45 heavy (non-hydrogen) atoms. The van der Waals surface area contributed by atoms with Crippen molar-refractivity contribution in [2.24, 2.45) is 5.73 Å². The molecule has 0 unspecified atom stereocenters. The lowest BCUT2D eigenvalue weighted by molar-refractivity contribution is 0.0946. The van der Waals surface area contributed by atoms with E-state index in [0.29, 0.717) is 17.8 Å². The highest BCUT2D eigenvalue weighted by Crippen LogP contribution is 2.38. The summed E-state index contributed by atoms with van der Waals surface area (Å²) in [6, 6.07) is 19.3. The maximum atomic E-state index is 13.8. The lowest BCUT2D eigenvalue weighted by atomic mass is 10.0. The summed E-state index contributed by atoms with van der Waals surface area (Å²) in [5.74, 6) is 0.245. The van der Waals surface area contributed by atoms with Crippen molar-refractivity contribution in [3.8, 4) is 22.8 Å². The standard InChI is InChI=1S/C34H33FN6O4/c1-44-25-12-7-22(8-13-25)20-41-31(29-30(39-41)27(32(36)42)19-37-33(29)40-15-3-4-16-40)23-9-5-21(6-10-23)18-38-34(43)26-17-24(35)11-14-28(26)45-2/h5-14,17,19H,3-4,15-16,18,20H2,1-2H3,(H2,36,42)(H,38,43). The van der Waals surface area contributed by atoms with Crippen molar-refractivity contribution in [1.29, 1.82) is 0 Å². The molecule has 1 aliphatic rings. The number of carbonyl (C=O) groups is 2. The van der Waals surface area contributed by atoms with Gasteiger partial charge >= 0.3 is 0 Å². The number of amides is 2. The Labute approximate surface area is 259 Å². The smallest absolute Gasteiger partial charge is 0.255 e. The number of fused-ring (bicyclic) bond motifs is 1. The molecule has 0 bridgehead atoms. The van der Waals surface area contributed by atoms with Crippen LogP contribution in [0.1, 0.15) is 44.7 Å². The summed E-state index contributed by atoms with van der Waals surface area (Å²) < 4.78 is 26.2. The molecule has 230 valence electrons. The number of hydrogen-bond donors (Lipinski definition) is 2. The van der Waals surface area contributed by atoms with Crippen molar-refractivity contribution in [2.45, 2.75) is 25.9 Å². The number of nitrogens with one attached hydrogen (secondary N) is 1. The summed E-state index contributed by atoms with van der Waals surface area (Å²) in [6.45, 7) is 2.36. The van der Waals surface area contributed by atoms with Crippen LogP contribution in [0.5, 0.6) is 11.5 Å². The van der Waals surface area contributed by atoms with Gasteiger partial charge in [0, 0.05) is 31.4 Å². The first-order valence-electron chi connectivity index (χ1n) is 14.6. The Kier molecular flexibility index (Phi) is 8.33. The second kappa shape index (κ2) is 12.7. The Balaban J connectivity index is 1.38. The van der Waals surface area contributed by atoms with Crippen LogP contribution in [0.2, 0.25) is 0 Å². The molecular formula is C34H33FN6O4. The van der Waals surface area contributed by atoms with E-state index in [-0.39, 0.29) is 17.7 Å². The van der Waals surface area contributed by atoms with Gasteiger partial charge in [0.05, 0.1) is 43.0 Å². The van der Waals surface area contributed by atoms with E-state index in [1.54, 1.807) is 7.11 Å². The molecule has 3 heterocycles. The number of carbonyl (C=O) groups excluding carboxylic acids is 2. The predicted molar refractivity (Wildman–Crippen MR) is 169 cm³/mol. The molecule has 3 N–H and O–H groups in total. The largest absolute Gasteiger partial charge is 0.497 e. The molecule has 2 aromatic heterocycles. The predicted octanol–water partition coefficient (Wildman–Crippen LogP) is 4.93. The topological polar surface area (TPSA) is 125 Å². The molecule has 2 amide bonds. The third-order valence-electron chi connectivity index (χ3n) is 8.00. The zero-order valence-corrected chi connectivity index (χ0v) is 25.0.